The number of ether oxygens (including phenoxy) is 1. The van der Waals surface area contributed by atoms with Gasteiger partial charge in [0.05, 0.1) is 19.3 Å². The molecule has 2 rings (SSSR count). The molecule has 5 nitrogen and oxygen atoms in total. The number of carbonyl (C=O) groups excluding carboxylic acids is 1. The van der Waals surface area contributed by atoms with Crippen LogP contribution in [0.4, 0.5) is 11.4 Å². The van der Waals surface area contributed by atoms with E-state index < -0.39 is 0 Å². The Morgan fingerprint density at radius 3 is 3.00 bits per heavy atom. The van der Waals surface area contributed by atoms with Crippen LogP contribution in [0.3, 0.4) is 0 Å². The van der Waals surface area contributed by atoms with Gasteiger partial charge in [-0.3, -0.25) is 4.79 Å². The first-order chi connectivity index (χ1) is 9.65. The van der Waals surface area contributed by atoms with Crippen LogP contribution < -0.4 is 11.1 Å². The number of carbonyl (C=O) groups is 1. The zero-order chi connectivity index (χ0) is 14.4. The highest BCUT2D eigenvalue weighted by Gasteiger charge is 2.05. The Balaban J connectivity index is 1.73. The Bertz CT molecular complexity index is 565. The number of nitrogen functional groups attached to an aromatic ring is 1. The van der Waals surface area contributed by atoms with Gasteiger partial charge in [-0.2, -0.15) is 0 Å². The summed E-state index contributed by atoms with van der Waals surface area (Å²) < 4.78 is 10.5. The molecule has 0 unspecified atom stereocenters. The van der Waals surface area contributed by atoms with Crippen molar-refractivity contribution in [1.82, 2.24) is 0 Å². The maximum Gasteiger partial charge on any atom is 0.226 e. The van der Waals surface area contributed by atoms with Crippen LogP contribution in [0, 0.1) is 6.92 Å². The Kier molecular flexibility index (Phi) is 4.79. The normalized spacial score (nSPS) is 10.4. The molecule has 0 saturated heterocycles. The van der Waals surface area contributed by atoms with Gasteiger partial charge in [0.2, 0.25) is 5.91 Å². The molecule has 1 amide bonds. The van der Waals surface area contributed by atoms with Gasteiger partial charge in [0.15, 0.2) is 0 Å². The Hall–Kier alpha value is -2.27. The summed E-state index contributed by atoms with van der Waals surface area (Å²) in [5, 5.41) is 2.82. The molecule has 3 N–H and O–H groups in total. The van der Waals surface area contributed by atoms with Gasteiger partial charge in [-0.25, -0.2) is 0 Å². The molecule has 0 spiro atoms. The van der Waals surface area contributed by atoms with Gasteiger partial charge < -0.3 is 20.2 Å². The van der Waals surface area contributed by atoms with Crippen LogP contribution in [0.1, 0.15) is 17.7 Å². The molecule has 1 aromatic heterocycles. The molecule has 0 saturated carbocycles. The number of rotatable bonds is 6. The molecule has 106 valence electrons. The lowest BCUT2D eigenvalue weighted by Gasteiger charge is -2.09. The second kappa shape index (κ2) is 6.77. The second-order valence-corrected chi connectivity index (χ2v) is 4.50. The molecule has 0 aliphatic heterocycles. The predicted octanol–water partition coefficient (Wildman–Crippen LogP) is 2.72. The molecule has 0 atom stereocenters. The van der Waals surface area contributed by atoms with E-state index >= 15 is 0 Å². The fourth-order valence-corrected chi connectivity index (χ4v) is 1.72. The summed E-state index contributed by atoms with van der Waals surface area (Å²) in [5.41, 5.74) is 8.03. The van der Waals surface area contributed by atoms with E-state index in [2.05, 4.69) is 5.32 Å². The van der Waals surface area contributed by atoms with Gasteiger partial charge in [0.1, 0.15) is 12.4 Å². The molecule has 0 bridgehead atoms. The average Bonchev–Trinajstić information content (AvgIpc) is 2.92. The van der Waals surface area contributed by atoms with E-state index in [0.717, 1.165) is 17.0 Å². The number of hydrogen-bond donors (Lipinski definition) is 2. The molecule has 20 heavy (non-hydrogen) atoms. The Labute approximate surface area is 117 Å². The molecule has 0 aliphatic rings. The predicted molar refractivity (Wildman–Crippen MR) is 77.2 cm³/mol. The summed E-state index contributed by atoms with van der Waals surface area (Å²) in [5.74, 6) is 0.648. The summed E-state index contributed by atoms with van der Waals surface area (Å²) >= 11 is 0. The molecule has 0 aliphatic carbocycles. The van der Waals surface area contributed by atoms with Gasteiger partial charge in [-0.15, -0.1) is 0 Å². The third-order valence-corrected chi connectivity index (χ3v) is 2.83. The maximum atomic E-state index is 11.8. The first-order valence-corrected chi connectivity index (χ1v) is 6.41. The topological polar surface area (TPSA) is 77.5 Å². The number of aryl methyl sites for hydroxylation is 1. The summed E-state index contributed by atoms with van der Waals surface area (Å²) in [4.78, 5) is 11.8. The number of nitrogens with one attached hydrogen (secondary N) is 1. The SMILES string of the molecule is Cc1ccc(N)cc1NC(=O)CCOCc1ccco1. The highest BCUT2D eigenvalue weighted by molar-refractivity contribution is 5.92. The average molecular weight is 274 g/mol. The lowest BCUT2D eigenvalue weighted by atomic mass is 10.2. The Morgan fingerprint density at radius 2 is 2.25 bits per heavy atom. The monoisotopic (exact) mass is 274 g/mol. The van der Waals surface area contributed by atoms with Crippen LogP contribution in [0.5, 0.6) is 0 Å². The number of furan rings is 1. The number of hydrogen-bond acceptors (Lipinski definition) is 4. The van der Waals surface area contributed by atoms with Crippen LogP contribution in [0.2, 0.25) is 0 Å². The number of benzene rings is 1. The summed E-state index contributed by atoms with van der Waals surface area (Å²) in [7, 11) is 0. The lowest BCUT2D eigenvalue weighted by molar-refractivity contribution is -0.117. The van der Waals surface area contributed by atoms with Crippen molar-refractivity contribution in [2.75, 3.05) is 17.7 Å². The van der Waals surface area contributed by atoms with Crippen LogP contribution in [0.15, 0.2) is 41.0 Å². The van der Waals surface area contributed by atoms with Crippen LogP contribution >= 0.6 is 0 Å². The molecule has 2 aromatic rings. The molecule has 1 heterocycles. The Morgan fingerprint density at radius 1 is 1.40 bits per heavy atom. The van der Waals surface area contributed by atoms with E-state index in [-0.39, 0.29) is 12.3 Å². The van der Waals surface area contributed by atoms with Gasteiger partial charge in [0.25, 0.3) is 0 Å². The highest BCUT2D eigenvalue weighted by atomic mass is 16.5. The minimum atomic E-state index is -0.0989. The van der Waals surface area contributed by atoms with E-state index in [0.29, 0.717) is 18.9 Å². The van der Waals surface area contributed by atoms with Crippen molar-refractivity contribution < 1.29 is 13.9 Å². The third kappa shape index (κ3) is 4.13. The van der Waals surface area contributed by atoms with Gasteiger partial charge in [0, 0.05) is 11.4 Å². The van der Waals surface area contributed by atoms with Crippen molar-refractivity contribution >= 4 is 17.3 Å². The molecule has 0 radical (unpaired) electrons. The fraction of sp³-hybridized carbons (Fsp3) is 0.267. The molecule has 0 fully saturated rings. The van der Waals surface area contributed by atoms with Crippen molar-refractivity contribution in [3.63, 3.8) is 0 Å². The largest absolute Gasteiger partial charge is 0.467 e. The van der Waals surface area contributed by atoms with Gasteiger partial charge in [-0.1, -0.05) is 6.07 Å². The zero-order valence-electron chi connectivity index (χ0n) is 11.4. The maximum absolute atomic E-state index is 11.8. The summed E-state index contributed by atoms with van der Waals surface area (Å²) in [6.07, 6.45) is 1.88. The van der Waals surface area contributed by atoms with E-state index in [1.54, 1.807) is 24.5 Å². The number of amides is 1. The van der Waals surface area contributed by atoms with E-state index in [9.17, 15) is 4.79 Å². The van der Waals surface area contributed by atoms with Crippen LogP contribution in [0.25, 0.3) is 0 Å². The minimum absolute atomic E-state index is 0.0989. The summed E-state index contributed by atoms with van der Waals surface area (Å²) in [6, 6.07) is 9.05. The molecular formula is C15H18N2O3. The quantitative estimate of drug-likeness (QED) is 0.627. The van der Waals surface area contributed by atoms with E-state index in [1.807, 2.05) is 19.1 Å². The zero-order valence-corrected chi connectivity index (χ0v) is 11.4. The molecular weight excluding hydrogens is 256 g/mol. The first kappa shape index (κ1) is 14.1. The van der Waals surface area contributed by atoms with Crippen molar-refractivity contribution in [1.29, 1.82) is 0 Å². The first-order valence-electron chi connectivity index (χ1n) is 6.41. The second-order valence-electron chi connectivity index (χ2n) is 4.50. The van der Waals surface area contributed by atoms with Gasteiger partial charge in [-0.05, 0) is 36.8 Å². The smallest absolute Gasteiger partial charge is 0.226 e. The minimum Gasteiger partial charge on any atom is -0.467 e. The molecule has 5 heteroatoms. The number of anilines is 2. The fourth-order valence-electron chi connectivity index (χ4n) is 1.72. The third-order valence-electron chi connectivity index (χ3n) is 2.83. The van der Waals surface area contributed by atoms with E-state index in [1.165, 1.54) is 0 Å². The van der Waals surface area contributed by atoms with Crippen molar-refractivity contribution in [3.8, 4) is 0 Å². The molecule has 1 aromatic carbocycles. The lowest BCUT2D eigenvalue weighted by Crippen LogP contribution is -2.15. The van der Waals surface area contributed by atoms with Crippen molar-refractivity contribution in [3.05, 3.63) is 47.9 Å². The van der Waals surface area contributed by atoms with Crippen molar-refractivity contribution in [2.24, 2.45) is 0 Å². The van der Waals surface area contributed by atoms with Crippen LogP contribution in [-0.2, 0) is 16.1 Å². The van der Waals surface area contributed by atoms with Crippen molar-refractivity contribution in [2.45, 2.75) is 20.0 Å². The van der Waals surface area contributed by atoms with E-state index in [4.69, 9.17) is 14.9 Å². The van der Waals surface area contributed by atoms with Gasteiger partial charge >= 0.3 is 0 Å². The van der Waals surface area contributed by atoms with Crippen LogP contribution in [-0.4, -0.2) is 12.5 Å². The standard InChI is InChI=1S/C15H18N2O3/c1-11-4-5-12(16)9-14(11)17-15(18)6-8-19-10-13-3-2-7-20-13/h2-5,7,9H,6,8,10,16H2,1H3,(H,17,18). The number of nitrogens with two attached hydrogens (primary N) is 1. The highest BCUT2D eigenvalue weighted by Crippen LogP contribution is 2.18. The summed E-state index contributed by atoms with van der Waals surface area (Å²) in [6.45, 7) is 2.63.